The maximum Gasteiger partial charge on any atom is 0.308 e. The van der Waals surface area contributed by atoms with Crippen LogP contribution in [-0.4, -0.2) is 11.8 Å². The second kappa shape index (κ2) is 4.68. The molecule has 0 amide bonds. The Labute approximate surface area is 106 Å². The number of esters is 1. The van der Waals surface area contributed by atoms with Crippen LogP contribution in [-0.2, 0) is 19.1 Å². The summed E-state index contributed by atoms with van der Waals surface area (Å²) in [4.78, 5) is 22.7. The second-order valence-corrected chi connectivity index (χ2v) is 3.79. The molecule has 1 heterocycles. The SMILES string of the molecule is CC(=O)OC1=C(N)OC(c2cccc(F)c2F)C1=O. The minimum Gasteiger partial charge on any atom is -0.460 e. The summed E-state index contributed by atoms with van der Waals surface area (Å²) in [5.41, 5.74) is 5.07. The highest BCUT2D eigenvalue weighted by atomic mass is 19.2. The molecule has 19 heavy (non-hydrogen) atoms. The molecule has 0 radical (unpaired) electrons. The molecule has 1 aliphatic rings. The van der Waals surface area contributed by atoms with Crippen molar-refractivity contribution in [3.63, 3.8) is 0 Å². The van der Waals surface area contributed by atoms with Crippen LogP contribution < -0.4 is 5.73 Å². The van der Waals surface area contributed by atoms with Crippen LogP contribution in [0.1, 0.15) is 18.6 Å². The van der Waals surface area contributed by atoms with Crippen molar-refractivity contribution in [3.8, 4) is 0 Å². The van der Waals surface area contributed by atoms with Crippen molar-refractivity contribution in [2.45, 2.75) is 13.0 Å². The molecule has 2 N–H and O–H groups in total. The van der Waals surface area contributed by atoms with Gasteiger partial charge in [0.15, 0.2) is 17.7 Å². The molecule has 0 saturated heterocycles. The van der Waals surface area contributed by atoms with Gasteiger partial charge in [0.05, 0.1) is 0 Å². The zero-order valence-corrected chi connectivity index (χ0v) is 9.78. The monoisotopic (exact) mass is 269 g/mol. The van der Waals surface area contributed by atoms with Gasteiger partial charge in [-0.15, -0.1) is 0 Å². The average molecular weight is 269 g/mol. The first-order valence-electron chi connectivity index (χ1n) is 5.24. The van der Waals surface area contributed by atoms with E-state index in [0.29, 0.717) is 0 Å². The lowest BCUT2D eigenvalue weighted by Gasteiger charge is -2.10. The minimum absolute atomic E-state index is 0.310. The first-order chi connectivity index (χ1) is 8.91. The molecule has 0 aromatic heterocycles. The Bertz CT molecular complexity index is 597. The lowest BCUT2D eigenvalue weighted by atomic mass is 10.0. The number of nitrogens with two attached hydrogens (primary N) is 1. The van der Waals surface area contributed by atoms with E-state index in [9.17, 15) is 18.4 Å². The van der Waals surface area contributed by atoms with Crippen molar-refractivity contribution < 1.29 is 27.8 Å². The Morgan fingerprint density at radius 1 is 1.42 bits per heavy atom. The van der Waals surface area contributed by atoms with Crippen LogP contribution in [0, 0.1) is 11.6 Å². The number of halogens is 2. The molecular weight excluding hydrogens is 260 g/mol. The third-order valence-electron chi connectivity index (χ3n) is 2.44. The average Bonchev–Trinajstić information content (AvgIpc) is 2.60. The van der Waals surface area contributed by atoms with Gasteiger partial charge in [0.25, 0.3) is 0 Å². The highest BCUT2D eigenvalue weighted by Crippen LogP contribution is 2.33. The Kier molecular flexibility index (Phi) is 3.20. The highest BCUT2D eigenvalue weighted by Gasteiger charge is 2.39. The molecule has 5 nitrogen and oxygen atoms in total. The molecule has 1 atom stereocenters. The fraction of sp³-hybridized carbons (Fsp3) is 0.167. The third kappa shape index (κ3) is 2.26. The van der Waals surface area contributed by atoms with Gasteiger partial charge >= 0.3 is 5.97 Å². The Morgan fingerprint density at radius 2 is 2.11 bits per heavy atom. The molecule has 100 valence electrons. The molecule has 0 spiro atoms. The van der Waals surface area contributed by atoms with E-state index in [2.05, 4.69) is 4.74 Å². The number of benzene rings is 1. The smallest absolute Gasteiger partial charge is 0.308 e. The molecule has 0 saturated carbocycles. The van der Waals surface area contributed by atoms with E-state index in [1.165, 1.54) is 12.1 Å². The van der Waals surface area contributed by atoms with E-state index < -0.39 is 41.1 Å². The van der Waals surface area contributed by atoms with Gasteiger partial charge in [-0.3, -0.25) is 9.59 Å². The van der Waals surface area contributed by atoms with Crippen molar-refractivity contribution in [3.05, 3.63) is 47.0 Å². The van der Waals surface area contributed by atoms with E-state index in [0.717, 1.165) is 13.0 Å². The van der Waals surface area contributed by atoms with Crippen LogP contribution in [0.4, 0.5) is 8.78 Å². The van der Waals surface area contributed by atoms with Crippen LogP contribution in [0.15, 0.2) is 29.8 Å². The summed E-state index contributed by atoms with van der Waals surface area (Å²) in [5.74, 6) is -4.87. The van der Waals surface area contributed by atoms with Crippen LogP contribution in [0.5, 0.6) is 0 Å². The van der Waals surface area contributed by atoms with Gasteiger partial charge < -0.3 is 15.2 Å². The molecule has 1 aromatic rings. The Balaban J connectivity index is 2.34. The molecule has 2 rings (SSSR count). The number of carbonyl (C=O) groups is 2. The number of Topliss-reactive ketones (excluding diaryl/α,β-unsaturated/α-hetero) is 1. The van der Waals surface area contributed by atoms with Gasteiger partial charge in [-0.2, -0.15) is 0 Å². The van der Waals surface area contributed by atoms with Gasteiger partial charge in [0, 0.05) is 12.5 Å². The quantitative estimate of drug-likeness (QED) is 0.818. The Morgan fingerprint density at radius 3 is 2.74 bits per heavy atom. The molecule has 7 heteroatoms. The van der Waals surface area contributed by atoms with Crippen molar-refractivity contribution in [1.29, 1.82) is 0 Å². The fourth-order valence-electron chi connectivity index (χ4n) is 1.65. The van der Waals surface area contributed by atoms with Crippen molar-refractivity contribution in [2.24, 2.45) is 5.73 Å². The topological polar surface area (TPSA) is 78.6 Å². The molecule has 1 aromatic carbocycles. The third-order valence-corrected chi connectivity index (χ3v) is 2.44. The summed E-state index contributed by atoms with van der Waals surface area (Å²) < 4.78 is 36.2. The zero-order valence-electron chi connectivity index (χ0n) is 9.78. The van der Waals surface area contributed by atoms with Crippen molar-refractivity contribution in [1.82, 2.24) is 0 Å². The predicted molar refractivity (Wildman–Crippen MR) is 58.2 cm³/mol. The largest absolute Gasteiger partial charge is 0.460 e. The maximum absolute atomic E-state index is 13.6. The van der Waals surface area contributed by atoms with E-state index in [-0.39, 0.29) is 5.56 Å². The molecule has 0 fully saturated rings. The van der Waals surface area contributed by atoms with E-state index >= 15 is 0 Å². The number of ether oxygens (including phenoxy) is 2. The van der Waals surface area contributed by atoms with E-state index in [1.807, 2.05) is 0 Å². The normalized spacial score (nSPS) is 18.5. The van der Waals surface area contributed by atoms with Gasteiger partial charge in [0.2, 0.25) is 17.4 Å². The molecule has 1 unspecified atom stereocenters. The number of carbonyl (C=O) groups excluding carboxylic acids is 2. The summed E-state index contributed by atoms with van der Waals surface area (Å²) in [6.45, 7) is 1.07. The second-order valence-electron chi connectivity index (χ2n) is 3.79. The highest BCUT2D eigenvalue weighted by molar-refractivity contribution is 6.01. The standard InChI is InChI=1S/C12H9F2NO4/c1-5(16)18-11-9(17)10(19-12(11)15)6-3-2-4-7(13)8(6)14/h2-4,10H,15H2,1H3. The Hall–Kier alpha value is -2.44. The number of hydrogen-bond donors (Lipinski definition) is 1. The summed E-state index contributed by atoms with van der Waals surface area (Å²) in [6, 6.07) is 3.32. The summed E-state index contributed by atoms with van der Waals surface area (Å²) in [7, 11) is 0. The van der Waals surface area contributed by atoms with Gasteiger partial charge in [-0.25, -0.2) is 8.78 Å². The van der Waals surface area contributed by atoms with Gasteiger partial charge in [-0.05, 0) is 6.07 Å². The summed E-state index contributed by atoms with van der Waals surface area (Å²) in [6.07, 6.45) is -1.45. The molecule has 1 aliphatic heterocycles. The maximum atomic E-state index is 13.6. The summed E-state index contributed by atoms with van der Waals surface area (Å²) >= 11 is 0. The predicted octanol–water partition coefficient (Wildman–Crippen LogP) is 1.30. The van der Waals surface area contributed by atoms with Crippen molar-refractivity contribution in [2.75, 3.05) is 0 Å². The number of ketones is 1. The minimum atomic E-state index is -1.45. The number of rotatable bonds is 2. The van der Waals surface area contributed by atoms with Crippen LogP contribution >= 0.6 is 0 Å². The van der Waals surface area contributed by atoms with Crippen LogP contribution in [0.3, 0.4) is 0 Å². The van der Waals surface area contributed by atoms with E-state index in [4.69, 9.17) is 10.5 Å². The summed E-state index contributed by atoms with van der Waals surface area (Å²) in [5, 5.41) is 0. The molecule has 0 bridgehead atoms. The first kappa shape index (κ1) is 13.0. The van der Waals surface area contributed by atoms with Gasteiger partial charge in [0.1, 0.15) is 0 Å². The first-order valence-corrected chi connectivity index (χ1v) is 5.24. The molecular formula is C12H9F2NO4. The molecule has 0 aliphatic carbocycles. The van der Waals surface area contributed by atoms with Crippen LogP contribution in [0.25, 0.3) is 0 Å². The lowest BCUT2D eigenvalue weighted by molar-refractivity contribution is -0.140. The zero-order chi connectivity index (χ0) is 14.2. The fourth-order valence-corrected chi connectivity index (χ4v) is 1.65. The van der Waals surface area contributed by atoms with Gasteiger partial charge in [-0.1, -0.05) is 12.1 Å². The lowest BCUT2D eigenvalue weighted by Crippen LogP contribution is -2.14. The van der Waals surface area contributed by atoms with Crippen molar-refractivity contribution >= 4 is 11.8 Å². The van der Waals surface area contributed by atoms with E-state index in [1.54, 1.807) is 0 Å². The van der Waals surface area contributed by atoms with Crippen LogP contribution in [0.2, 0.25) is 0 Å². The number of hydrogen-bond acceptors (Lipinski definition) is 5.